The lowest BCUT2D eigenvalue weighted by molar-refractivity contribution is -0.132. The van der Waals surface area contributed by atoms with Crippen molar-refractivity contribution in [2.45, 2.75) is 19.9 Å². The lowest BCUT2D eigenvalue weighted by atomic mass is 9.95. The molecule has 0 aliphatic carbocycles. The van der Waals surface area contributed by atoms with E-state index >= 15 is 0 Å². The number of rotatable bonds is 6. The molecular formula is C29H23ClN2O4S. The summed E-state index contributed by atoms with van der Waals surface area (Å²) in [7, 11) is 0. The predicted molar refractivity (Wildman–Crippen MR) is 147 cm³/mol. The van der Waals surface area contributed by atoms with Crippen molar-refractivity contribution in [2.24, 2.45) is 0 Å². The van der Waals surface area contributed by atoms with Crippen LogP contribution in [0.3, 0.4) is 0 Å². The summed E-state index contributed by atoms with van der Waals surface area (Å²) in [6.07, 6.45) is 1.63. The summed E-state index contributed by atoms with van der Waals surface area (Å²) in [5.41, 5.74) is 3.78. The van der Waals surface area contributed by atoms with Gasteiger partial charge in [0, 0.05) is 10.6 Å². The molecule has 1 fully saturated rings. The van der Waals surface area contributed by atoms with E-state index in [1.54, 1.807) is 54.6 Å². The van der Waals surface area contributed by atoms with Crippen LogP contribution in [0.25, 0.3) is 16.0 Å². The van der Waals surface area contributed by atoms with Gasteiger partial charge in [0.25, 0.3) is 5.78 Å². The van der Waals surface area contributed by atoms with E-state index in [9.17, 15) is 14.7 Å². The number of nitrogens with zero attached hydrogens (tertiary/aromatic N) is 2. The Morgan fingerprint density at radius 3 is 2.65 bits per heavy atom. The van der Waals surface area contributed by atoms with Crippen LogP contribution in [0.15, 0.2) is 78.9 Å². The fourth-order valence-electron chi connectivity index (χ4n) is 4.50. The van der Waals surface area contributed by atoms with Crippen LogP contribution in [-0.4, -0.2) is 28.4 Å². The summed E-state index contributed by atoms with van der Waals surface area (Å²) >= 11 is 7.35. The molecule has 1 unspecified atom stereocenters. The molecule has 186 valence electrons. The number of amides is 1. The number of hydrogen-bond acceptors (Lipinski definition) is 6. The first-order valence-electron chi connectivity index (χ1n) is 11.6. The highest BCUT2D eigenvalue weighted by Crippen LogP contribution is 2.45. The third kappa shape index (κ3) is 4.52. The number of anilines is 1. The number of carbonyl (C=O) groups excluding carboxylic acids is 2. The number of ketones is 1. The molecule has 1 atom stereocenters. The highest BCUT2D eigenvalue weighted by Gasteiger charge is 2.48. The largest absolute Gasteiger partial charge is 0.507 e. The lowest BCUT2D eigenvalue weighted by Gasteiger charge is -2.23. The molecule has 4 aromatic rings. The van der Waals surface area contributed by atoms with Gasteiger partial charge in [-0.3, -0.25) is 14.5 Å². The first kappa shape index (κ1) is 24.7. The van der Waals surface area contributed by atoms with Crippen LogP contribution in [0, 0.1) is 13.8 Å². The monoisotopic (exact) mass is 530 g/mol. The van der Waals surface area contributed by atoms with E-state index < -0.39 is 17.7 Å². The third-order valence-electron chi connectivity index (χ3n) is 6.13. The average molecular weight is 531 g/mol. The highest BCUT2D eigenvalue weighted by atomic mass is 35.5. The zero-order valence-corrected chi connectivity index (χ0v) is 21.8. The fourth-order valence-corrected chi connectivity index (χ4v) is 5.79. The van der Waals surface area contributed by atoms with Gasteiger partial charge in [-0.2, -0.15) is 0 Å². The number of aliphatic hydroxyl groups excluding tert-OH is 1. The molecule has 6 nitrogen and oxygen atoms in total. The zero-order valence-electron chi connectivity index (χ0n) is 20.2. The molecule has 1 saturated heterocycles. The van der Waals surface area contributed by atoms with E-state index in [1.807, 2.05) is 26.0 Å². The second kappa shape index (κ2) is 9.84. The Morgan fingerprint density at radius 2 is 1.92 bits per heavy atom. The van der Waals surface area contributed by atoms with E-state index in [0.29, 0.717) is 33.6 Å². The van der Waals surface area contributed by atoms with E-state index in [-0.39, 0.29) is 11.3 Å². The Hall–Kier alpha value is -3.94. The number of aryl methyl sites for hydroxylation is 2. The molecule has 8 heteroatoms. The maximum atomic E-state index is 13.5. The van der Waals surface area contributed by atoms with Gasteiger partial charge in [0.2, 0.25) is 0 Å². The smallest absolute Gasteiger partial charge is 0.301 e. The maximum absolute atomic E-state index is 13.5. The van der Waals surface area contributed by atoms with E-state index in [1.165, 1.54) is 16.2 Å². The summed E-state index contributed by atoms with van der Waals surface area (Å²) in [5, 5.41) is 12.2. The molecule has 37 heavy (non-hydrogen) atoms. The van der Waals surface area contributed by atoms with Crippen molar-refractivity contribution >= 4 is 55.7 Å². The molecule has 1 aliphatic rings. The number of thiazole rings is 1. The Morgan fingerprint density at radius 1 is 1.16 bits per heavy atom. The third-order valence-corrected chi connectivity index (χ3v) is 7.38. The van der Waals surface area contributed by atoms with Gasteiger partial charge in [-0.05, 0) is 73.0 Å². The van der Waals surface area contributed by atoms with Crippen LogP contribution >= 0.6 is 22.9 Å². The molecular weight excluding hydrogens is 508 g/mol. The number of fused-ring (bicyclic) bond motifs is 1. The lowest BCUT2D eigenvalue weighted by Crippen LogP contribution is -2.29. The molecule has 0 bridgehead atoms. The zero-order chi connectivity index (χ0) is 26.3. The highest BCUT2D eigenvalue weighted by molar-refractivity contribution is 7.22. The summed E-state index contributed by atoms with van der Waals surface area (Å²) in [4.78, 5) is 33.1. The van der Waals surface area contributed by atoms with Crippen LogP contribution in [-0.2, 0) is 9.59 Å². The molecule has 1 aliphatic heterocycles. The van der Waals surface area contributed by atoms with Crippen molar-refractivity contribution in [1.29, 1.82) is 0 Å². The minimum absolute atomic E-state index is 0.0275. The van der Waals surface area contributed by atoms with Gasteiger partial charge < -0.3 is 9.84 Å². The van der Waals surface area contributed by atoms with Crippen molar-refractivity contribution < 1.29 is 19.4 Å². The summed E-state index contributed by atoms with van der Waals surface area (Å²) in [5.74, 6) is -1.29. The van der Waals surface area contributed by atoms with Crippen molar-refractivity contribution in [3.8, 4) is 5.75 Å². The molecule has 5 rings (SSSR count). The number of ether oxygens (including phenoxy) is 1. The van der Waals surface area contributed by atoms with Crippen molar-refractivity contribution in [3.05, 3.63) is 106 Å². The number of hydrogen-bond donors (Lipinski definition) is 1. The Labute approximate surface area is 223 Å². The van der Waals surface area contributed by atoms with Gasteiger partial charge in [-0.15, -0.1) is 0 Å². The number of benzene rings is 3. The second-order valence-corrected chi connectivity index (χ2v) is 10.2. The van der Waals surface area contributed by atoms with E-state index in [0.717, 1.165) is 21.3 Å². The molecule has 2 heterocycles. The van der Waals surface area contributed by atoms with Crippen LogP contribution in [0.1, 0.15) is 28.3 Å². The normalized spacial score (nSPS) is 16.9. The molecule has 1 N–H and O–H groups in total. The van der Waals surface area contributed by atoms with E-state index in [4.69, 9.17) is 21.3 Å². The van der Waals surface area contributed by atoms with Crippen LogP contribution in [0.2, 0.25) is 5.02 Å². The van der Waals surface area contributed by atoms with Gasteiger partial charge in [0.1, 0.15) is 18.1 Å². The van der Waals surface area contributed by atoms with Crippen LogP contribution < -0.4 is 9.64 Å². The Bertz CT molecular complexity index is 1590. The Balaban J connectivity index is 1.72. The molecule has 0 radical (unpaired) electrons. The number of halogens is 1. The fraction of sp³-hybridized carbons (Fsp3) is 0.138. The maximum Gasteiger partial charge on any atom is 0.301 e. The SMILES string of the molecule is C=CCOc1cccc(C2/C(=C(\O)c3ccc(Cl)cc3)C(=O)C(=O)N2c2nc3c(C)cc(C)cc3s2)c1. The molecule has 1 aromatic heterocycles. The first-order valence-corrected chi connectivity index (χ1v) is 12.8. The summed E-state index contributed by atoms with van der Waals surface area (Å²) < 4.78 is 6.62. The second-order valence-electron chi connectivity index (χ2n) is 8.77. The van der Waals surface area contributed by atoms with Gasteiger partial charge in [-0.25, -0.2) is 4.98 Å². The molecule has 3 aromatic carbocycles. The van der Waals surface area contributed by atoms with Gasteiger partial charge in [-0.1, -0.05) is 53.8 Å². The molecule has 1 amide bonds. The Kier molecular flexibility index (Phi) is 6.58. The number of aromatic nitrogens is 1. The topological polar surface area (TPSA) is 79.7 Å². The summed E-state index contributed by atoms with van der Waals surface area (Å²) in [6.45, 7) is 7.94. The van der Waals surface area contributed by atoms with Crippen LogP contribution in [0.5, 0.6) is 5.75 Å². The predicted octanol–water partition coefficient (Wildman–Crippen LogP) is 6.76. The standard InChI is InChI=1S/C29H23ClN2O4S/c1-4-12-36-21-7-5-6-19(15-21)25-23(26(33)18-8-10-20(30)11-9-18)27(34)28(35)32(25)29-31-24-17(3)13-16(2)14-22(24)37-29/h4-11,13-15,25,33H,1,12H2,2-3H3/b26-23+. The van der Waals surface area contributed by atoms with Crippen molar-refractivity contribution in [3.63, 3.8) is 0 Å². The van der Waals surface area contributed by atoms with Gasteiger partial charge in [0.05, 0.1) is 21.8 Å². The summed E-state index contributed by atoms with van der Waals surface area (Å²) in [6, 6.07) is 16.7. The van der Waals surface area contributed by atoms with Gasteiger partial charge >= 0.3 is 5.91 Å². The number of carbonyl (C=O) groups is 2. The minimum atomic E-state index is -0.912. The van der Waals surface area contributed by atoms with E-state index in [2.05, 4.69) is 6.58 Å². The molecule has 0 spiro atoms. The quantitative estimate of drug-likeness (QED) is 0.129. The van der Waals surface area contributed by atoms with Crippen molar-refractivity contribution in [1.82, 2.24) is 4.98 Å². The van der Waals surface area contributed by atoms with Crippen molar-refractivity contribution in [2.75, 3.05) is 11.5 Å². The number of Topliss-reactive ketones (excluding diaryl/α,β-unsaturated/α-hetero) is 1. The first-order chi connectivity index (χ1) is 17.8. The number of aliphatic hydroxyl groups is 1. The average Bonchev–Trinajstić information content (AvgIpc) is 3.41. The van der Waals surface area contributed by atoms with Gasteiger partial charge in [0.15, 0.2) is 5.13 Å². The minimum Gasteiger partial charge on any atom is -0.507 e. The van der Waals surface area contributed by atoms with Crippen LogP contribution in [0.4, 0.5) is 5.13 Å². The molecule has 0 saturated carbocycles.